The predicted octanol–water partition coefficient (Wildman–Crippen LogP) is 3.94. The summed E-state index contributed by atoms with van der Waals surface area (Å²) in [7, 11) is 0. The van der Waals surface area contributed by atoms with Gasteiger partial charge in [-0.15, -0.1) is 0 Å². The van der Waals surface area contributed by atoms with Crippen LogP contribution in [0.15, 0.2) is 72.8 Å². The van der Waals surface area contributed by atoms with Crippen molar-refractivity contribution in [1.82, 2.24) is 14.9 Å². The summed E-state index contributed by atoms with van der Waals surface area (Å²) in [5.74, 6) is 0.684. The number of para-hydroxylation sites is 2. The maximum Gasteiger partial charge on any atom is 0.244 e. The molecule has 1 N–H and O–H groups in total. The molecule has 0 spiro atoms. The Labute approximate surface area is 147 Å². The minimum atomic E-state index is -0.141. The minimum absolute atomic E-state index is 0.141. The highest BCUT2D eigenvalue weighted by Crippen LogP contribution is 2.17. The molecule has 0 saturated heterocycles. The Morgan fingerprint density at radius 1 is 1.16 bits per heavy atom. The Morgan fingerprint density at radius 2 is 1.88 bits per heavy atom. The molecule has 1 amide bonds. The number of nitrogens with one attached hydrogen (secondary N) is 1. The molecule has 0 aliphatic carbocycles. The number of hydrogen-bond acceptors (Lipinski definition) is 2. The van der Waals surface area contributed by atoms with E-state index in [2.05, 4.69) is 21.4 Å². The Balaban J connectivity index is 1.73. The molecular formula is C21H21N3O. The van der Waals surface area contributed by atoms with E-state index < -0.39 is 0 Å². The van der Waals surface area contributed by atoms with Gasteiger partial charge < -0.3 is 9.88 Å². The summed E-state index contributed by atoms with van der Waals surface area (Å²) in [6, 6.07) is 17.7. The molecule has 3 aromatic rings. The number of carbonyl (C=O) groups is 1. The highest BCUT2D eigenvalue weighted by molar-refractivity contribution is 5.91. The third-order valence-electron chi connectivity index (χ3n) is 3.81. The van der Waals surface area contributed by atoms with Crippen LogP contribution in [0.25, 0.3) is 17.1 Å². The van der Waals surface area contributed by atoms with Crippen LogP contribution in [0.4, 0.5) is 0 Å². The van der Waals surface area contributed by atoms with Crippen molar-refractivity contribution in [1.29, 1.82) is 0 Å². The second-order valence-electron chi connectivity index (χ2n) is 6.02. The highest BCUT2D eigenvalue weighted by atomic mass is 16.1. The standard InChI is InChI=1S/C21H21N3O/c1-16(2)15-24-19-11-7-6-10-18(19)23-20(24)14-22-21(25)13-12-17-8-4-3-5-9-17/h3-13H,1,14-15H2,2H3,(H,22,25)/b13-12-. The van der Waals surface area contributed by atoms with Crippen molar-refractivity contribution in [3.05, 3.63) is 84.2 Å². The van der Waals surface area contributed by atoms with Crippen LogP contribution in [-0.2, 0) is 17.9 Å². The normalized spacial score (nSPS) is 11.1. The number of benzene rings is 2. The molecule has 1 heterocycles. The second-order valence-corrected chi connectivity index (χ2v) is 6.02. The van der Waals surface area contributed by atoms with Crippen LogP contribution in [0.2, 0.25) is 0 Å². The first-order valence-electron chi connectivity index (χ1n) is 8.23. The average molecular weight is 331 g/mol. The van der Waals surface area contributed by atoms with Gasteiger partial charge in [0.1, 0.15) is 5.82 Å². The Morgan fingerprint density at radius 3 is 2.64 bits per heavy atom. The summed E-state index contributed by atoms with van der Waals surface area (Å²) in [6.45, 7) is 7.04. The van der Waals surface area contributed by atoms with Gasteiger partial charge in [-0.3, -0.25) is 4.79 Å². The highest BCUT2D eigenvalue weighted by Gasteiger charge is 2.10. The first-order valence-corrected chi connectivity index (χ1v) is 8.23. The largest absolute Gasteiger partial charge is 0.345 e. The molecule has 4 nitrogen and oxygen atoms in total. The molecule has 4 heteroatoms. The van der Waals surface area contributed by atoms with Crippen LogP contribution in [0, 0.1) is 0 Å². The van der Waals surface area contributed by atoms with Gasteiger partial charge in [-0.25, -0.2) is 4.98 Å². The van der Waals surface area contributed by atoms with E-state index in [-0.39, 0.29) is 5.91 Å². The van der Waals surface area contributed by atoms with Gasteiger partial charge in [0.05, 0.1) is 17.6 Å². The van der Waals surface area contributed by atoms with Crippen LogP contribution >= 0.6 is 0 Å². The molecule has 0 fully saturated rings. The molecule has 2 aromatic carbocycles. The van der Waals surface area contributed by atoms with Gasteiger partial charge in [0.25, 0.3) is 0 Å². The topological polar surface area (TPSA) is 46.9 Å². The lowest BCUT2D eigenvalue weighted by Crippen LogP contribution is -2.22. The molecule has 0 aliphatic heterocycles. The fraction of sp³-hybridized carbons (Fsp3) is 0.143. The number of aromatic nitrogens is 2. The SMILES string of the molecule is C=C(C)Cn1c(CNC(=O)/C=C\c2ccccc2)nc2ccccc21. The van der Waals surface area contributed by atoms with Crippen LogP contribution in [0.5, 0.6) is 0 Å². The summed E-state index contributed by atoms with van der Waals surface area (Å²) in [6.07, 6.45) is 3.34. The fourth-order valence-corrected chi connectivity index (χ4v) is 2.67. The fourth-order valence-electron chi connectivity index (χ4n) is 2.67. The molecule has 0 atom stereocenters. The van der Waals surface area contributed by atoms with E-state index in [4.69, 9.17) is 0 Å². The van der Waals surface area contributed by atoms with Gasteiger partial charge in [-0.2, -0.15) is 0 Å². The van der Waals surface area contributed by atoms with Crippen molar-refractivity contribution >= 4 is 23.0 Å². The van der Waals surface area contributed by atoms with Gasteiger partial charge >= 0.3 is 0 Å². The van der Waals surface area contributed by atoms with Crippen molar-refractivity contribution < 1.29 is 4.79 Å². The first-order chi connectivity index (χ1) is 12.1. The van der Waals surface area contributed by atoms with Crippen molar-refractivity contribution in [2.45, 2.75) is 20.0 Å². The van der Waals surface area contributed by atoms with E-state index in [0.29, 0.717) is 13.1 Å². The van der Waals surface area contributed by atoms with Crippen LogP contribution < -0.4 is 5.32 Å². The number of amides is 1. The van der Waals surface area contributed by atoms with Gasteiger partial charge in [0.15, 0.2) is 0 Å². The monoisotopic (exact) mass is 331 g/mol. The zero-order valence-corrected chi connectivity index (χ0v) is 14.3. The van der Waals surface area contributed by atoms with E-state index in [1.165, 1.54) is 0 Å². The maximum absolute atomic E-state index is 12.1. The number of rotatable bonds is 6. The number of hydrogen-bond donors (Lipinski definition) is 1. The average Bonchev–Trinajstić information content (AvgIpc) is 2.96. The molecule has 1 aromatic heterocycles. The summed E-state index contributed by atoms with van der Waals surface area (Å²) >= 11 is 0. The van der Waals surface area contributed by atoms with Crippen molar-refractivity contribution in [2.75, 3.05) is 0 Å². The Bertz CT molecular complexity index is 923. The lowest BCUT2D eigenvalue weighted by Gasteiger charge is -2.09. The Kier molecular flexibility index (Phi) is 5.09. The van der Waals surface area contributed by atoms with Gasteiger partial charge in [0.2, 0.25) is 5.91 Å². The summed E-state index contributed by atoms with van der Waals surface area (Å²) in [4.78, 5) is 16.7. The molecular weight excluding hydrogens is 310 g/mol. The number of allylic oxidation sites excluding steroid dienone is 1. The zero-order chi connectivity index (χ0) is 17.6. The number of nitrogens with zero attached hydrogens (tertiary/aromatic N) is 2. The summed E-state index contributed by atoms with van der Waals surface area (Å²) < 4.78 is 2.10. The summed E-state index contributed by atoms with van der Waals surface area (Å²) in [5, 5.41) is 2.91. The van der Waals surface area contributed by atoms with Crippen molar-refractivity contribution in [2.24, 2.45) is 0 Å². The first kappa shape index (κ1) is 16.7. The third-order valence-corrected chi connectivity index (χ3v) is 3.81. The molecule has 126 valence electrons. The zero-order valence-electron chi connectivity index (χ0n) is 14.3. The third kappa shape index (κ3) is 4.23. The van der Waals surface area contributed by atoms with E-state index >= 15 is 0 Å². The molecule has 0 aliphatic rings. The van der Waals surface area contributed by atoms with E-state index in [1.807, 2.05) is 61.5 Å². The molecule has 0 radical (unpaired) electrons. The minimum Gasteiger partial charge on any atom is -0.345 e. The predicted molar refractivity (Wildman–Crippen MR) is 102 cm³/mol. The number of carbonyl (C=O) groups excluding carboxylic acids is 1. The van der Waals surface area contributed by atoms with E-state index in [9.17, 15) is 4.79 Å². The molecule has 3 rings (SSSR count). The lowest BCUT2D eigenvalue weighted by atomic mass is 10.2. The van der Waals surface area contributed by atoms with Gasteiger partial charge in [0, 0.05) is 12.6 Å². The van der Waals surface area contributed by atoms with Gasteiger partial charge in [-0.1, -0.05) is 54.6 Å². The molecule has 25 heavy (non-hydrogen) atoms. The maximum atomic E-state index is 12.1. The lowest BCUT2D eigenvalue weighted by molar-refractivity contribution is -0.116. The van der Waals surface area contributed by atoms with Gasteiger partial charge in [-0.05, 0) is 30.7 Å². The van der Waals surface area contributed by atoms with Crippen LogP contribution in [0.1, 0.15) is 18.3 Å². The van der Waals surface area contributed by atoms with Crippen molar-refractivity contribution in [3.63, 3.8) is 0 Å². The van der Waals surface area contributed by atoms with E-state index in [0.717, 1.165) is 28.0 Å². The molecule has 0 bridgehead atoms. The summed E-state index contributed by atoms with van der Waals surface area (Å²) in [5.41, 5.74) is 4.01. The molecule has 0 unspecified atom stereocenters. The van der Waals surface area contributed by atoms with E-state index in [1.54, 1.807) is 12.2 Å². The number of imidazole rings is 1. The second kappa shape index (κ2) is 7.62. The molecule has 0 saturated carbocycles. The smallest absolute Gasteiger partial charge is 0.244 e. The van der Waals surface area contributed by atoms with Crippen LogP contribution in [0.3, 0.4) is 0 Å². The van der Waals surface area contributed by atoms with Crippen molar-refractivity contribution in [3.8, 4) is 0 Å². The van der Waals surface area contributed by atoms with Crippen LogP contribution in [-0.4, -0.2) is 15.5 Å². The Hall–Kier alpha value is -3.14. The number of fused-ring (bicyclic) bond motifs is 1. The quantitative estimate of drug-likeness (QED) is 0.549.